The molecule has 0 aliphatic carbocycles. The minimum absolute atomic E-state index is 0.00492. The zero-order valence-electron chi connectivity index (χ0n) is 17.0. The standard InChI is InChI=1S/C24H20N6O/c1-2-22-25-21-10-6-5-9-20(21)24(31)30(22)15-16-11-13-17(14-12-16)18-7-3-4-8-19(18)23-26-28-29-27-23/h3-14H,2,15H2,1H3,(H,26,27,28,29). The van der Waals surface area contributed by atoms with Crippen LogP contribution in [0.2, 0.25) is 0 Å². The quantitative estimate of drug-likeness (QED) is 0.477. The summed E-state index contributed by atoms with van der Waals surface area (Å²) in [6.45, 7) is 2.50. The van der Waals surface area contributed by atoms with Gasteiger partial charge in [0, 0.05) is 12.0 Å². The lowest BCUT2D eigenvalue weighted by Crippen LogP contribution is -2.25. The van der Waals surface area contributed by atoms with Gasteiger partial charge in [0.25, 0.3) is 5.56 Å². The summed E-state index contributed by atoms with van der Waals surface area (Å²) in [5.41, 5.74) is 4.80. The fourth-order valence-corrected chi connectivity index (χ4v) is 3.83. The van der Waals surface area contributed by atoms with Crippen LogP contribution in [0.3, 0.4) is 0 Å². The van der Waals surface area contributed by atoms with Gasteiger partial charge < -0.3 is 0 Å². The van der Waals surface area contributed by atoms with E-state index in [1.54, 1.807) is 4.57 Å². The van der Waals surface area contributed by atoms with E-state index in [4.69, 9.17) is 4.98 Å². The molecule has 152 valence electrons. The van der Waals surface area contributed by atoms with Gasteiger partial charge in [-0.3, -0.25) is 9.36 Å². The molecule has 0 amide bonds. The number of fused-ring (bicyclic) bond motifs is 1. The predicted octanol–water partition coefficient (Wildman–Crippen LogP) is 3.85. The number of nitrogens with zero attached hydrogens (tertiary/aromatic N) is 5. The second kappa shape index (κ2) is 7.95. The Labute approximate surface area is 178 Å². The van der Waals surface area contributed by atoms with E-state index in [1.807, 2.05) is 67.6 Å². The van der Waals surface area contributed by atoms with E-state index in [1.165, 1.54) is 0 Å². The fourth-order valence-electron chi connectivity index (χ4n) is 3.83. The first kappa shape index (κ1) is 18.9. The van der Waals surface area contributed by atoms with E-state index in [-0.39, 0.29) is 5.56 Å². The summed E-state index contributed by atoms with van der Waals surface area (Å²) in [5.74, 6) is 1.41. The van der Waals surface area contributed by atoms with Gasteiger partial charge in [0.2, 0.25) is 0 Å². The second-order valence-electron chi connectivity index (χ2n) is 7.28. The zero-order valence-corrected chi connectivity index (χ0v) is 17.0. The lowest BCUT2D eigenvalue weighted by molar-refractivity contribution is 0.686. The Morgan fingerprint density at radius 2 is 1.65 bits per heavy atom. The molecule has 0 atom stereocenters. The molecule has 3 aromatic carbocycles. The third-order valence-electron chi connectivity index (χ3n) is 5.39. The Morgan fingerprint density at radius 1 is 0.903 bits per heavy atom. The molecule has 0 aliphatic rings. The van der Waals surface area contributed by atoms with E-state index in [9.17, 15) is 4.79 Å². The van der Waals surface area contributed by atoms with Crippen LogP contribution in [0.15, 0.2) is 77.6 Å². The van der Waals surface area contributed by atoms with Crippen molar-refractivity contribution >= 4 is 10.9 Å². The highest BCUT2D eigenvalue weighted by molar-refractivity contribution is 5.80. The number of aromatic nitrogens is 6. The van der Waals surface area contributed by atoms with Crippen LogP contribution in [0.5, 0.6) is 0 Å². The molecule has 2 aromatic heterocycles. The normalized spacial score (nSPS) is 11.1. The second-order valence-corrected chi connectivity index (χ2v) is 7.28. The van der Waals surface area contributed by atoms with E-state index in [2.05, 4.69) is 32.8 Å². The molecular formula is C24H20N6O. The Bertz CT molecular complexity index is 1400. The number of rotatable bonds is 5. The first-order valence-electron chi connectivity index (χ1n) is 10.2. The molecule has 1 N–H and O–H groups in total. The smallest absolute Gasteiger partial charge is 0.261 e. The van der Waals surface area contributed by atoms with E-state index in [0.717, 1.165) is 33.6 Å². The van der Waals surface area contributed by atoms with Crippen molar-refractivity contribution < 1.29 is 0 Å². The van der Waals surface area contributed by atoms with E-state index < -0.39 is 0 Å². The maximum Gasteiger partial charge on any atom is 0.261 e. The molecule has 0 saturated carbocycles. The summed E-state index contributed by atoms with van der Waals surface area (Å²) < 4.78 is 1.77. The fraction of sp³-hybridized carbons (Fsp3) is 0.125. The van der Waals surface area contributed by atoms with Crippen LogP contribution in [-0.2, 0) is 13.0 Å². The maximum absolute atomic E-state index is 13.1. The molecule has 5 aromatic rings. The van der Waals surface area contributed by atoms with Crippen molar-refractivity contribution in [1.29, 1.82) is 0 Å². The molecule has 7 nitrogen and oxygen atoms in total. The Kier molecular flexibility index (Phi) is 4.84. The number of para-hydroxylation sites is 1. The molecule has 0 spiro atoms. The average Bonchev–Trinajstić information content (AvgIpc) is 3.36. The molecule has 2 heterocycles. The molecule has 0 saturated heterocycles. The summed E-state index contributed by atoms with van der Waals surface area (Å²) in [6.07, 6.45) is 0.691. The first-order valence-corrected chi connectivity index (χ1v) is 10.2. The van der Waals surface area contributed by atoms with Crippen molar-refractivity contribution in [2.75, 3.05) is 0 Å². The maximum atomic E-state index is 13.1. The largest absolute Gasteiger partial charge is 0.292 e. The first-order chi connectivity index (χ1) is 15.2. The van der Waals surface area contributed by atoms with Gasteiger partial charge in [-0.25, -0.2) is 10.1 Å². The van der Waals surface area contributed by atoms with Crippen molar-refractivity contribution in [2.24, 2.45) is 0 Å². The van der Waals surface area contributed by atoms with Crippen molar-refractivity contribution in [3.05, 3.63) is 94.5 Å². The molecule has 7 heteroatoms. The van der Waals surface area contributed by atoms with Gasteiger partial charge >= 0.3 is 0 Å². The van der Waals surface area contributed by atoms with Crippen LogP contribution >= 0.6 is 0 Å². The number of benzene rings is 3. The van der Waals surface area contributed by atoms with Crippen LogP contribution in [0, 0.1) is 0 Å². The topological polar surface area (TPSA) is 89.3 Å². The van der Waals surface area contributed by atoms with Gasteiger partial charge in [-0.15, -0.1) is 5.10 Å². The van der Waals surface area contributed by atoms with E-state index >= 15 is 0 Å². The zero-order chi connectivity index (χ0) is 21.2. The number of H-pyrrole nitrogens is 1. The van der Waals surface area contributed by atoms with Crippen LogP contribution in [0.4, 0.5) is 0 Å². The Morgan fingerprint density at radius 3 is 2.39 bits per heavy atom. The van der Waals surface area contributed by atoms with Crippen molar-refractivity contribution in [3.63, 3.8) is 0 Å². The Hall–Kier alpha value is -4.13. The molecule has 0 fully saturated rings. The lowest BCUT2D eigenvalue weighted by Gasteiger charge is -2.13. The number of aryl methyl sites for hydroxylation is 1. The summed E-state index contributed by atoms with van der Waals surface area (Å²) in [5, 5.41) is 14.9. The minimum Gasteiger partial charge on any atom is -0.292 e. The molecule has 5 rings (SSSR count). The highest BCUT2D eigenvalue weighted by atomic mass is 16.1. The highest BCUT2D eigenvalue weighted by Gasteiger charge is 2.12. The summed E-state index contributed by atoms with van der Waals surface area (Å²) in [7, 11) is 0. The summed E-state index contributed by atoms with van der Waals surface area (Å²) in [6, 6.07) is 23.7. The van der Waals surface area contributed by atoms with Crippen LogP contribution in [-0.4, -0.2) is 30.2 Å². The number of aromatic amines is 1. The van der Waals surface area contributed by atoms with Crippen molar-refractivity contribution in [2.45, 2.75) is 19.9 Å². The van der Waals surface area contributed by atoms with Gasteiger partial charge in [0.1, 0.15) is 5.82 Å². The molecule has 0 aliphatic heterocycles. The van der Waals surface area contributed by atoms with Crippen LogP contribution < -0.4 is 5.56 Å². The van der Waals surface area contributed by atoms with Crippen molar-refractivity contribution in [1.82, 2.24) is 30.2 Å². The number of hydrogen-bond donors (Lipinski definition) is 1. The third-order valence-corrected chi connectivity index (χ3v) is 5.39. The lowest BCUT2D eigenvalue weighted by atomic mass is 9.98. The molecular weight excluding hydrogens is 388 g/mol. The van der Waals surface area contributed by atoms with Crippen molar-refractivity contribution in [3.8, 4) is 22.5 Å². The van der Waals surface area contributed by atoms with Crippen LogP contribution in [0.25, 0.3) is 33.4 Å². The molecule has 31 heavy (non-hydrogen) atoms. The summed E-state index contributed by atoms with van der Waals surface area (Å²) >= 11 is 0. The minimum atomic E-state index is -0.00492. The van der Waals surface area contributed by atoms with Gasteiger partial charge in [-0.1, -0.05) is 67.6 Å². The van der Waals surface area contributed by atoms with Gasteiger partial charge in [0.15, 0.2) is 5.82 Å². The highest BCUT2D eigenvalue weighted by Crippen LogP contribution is 2.29. The van der Waals surface area contributed by atoms with Gasteiger partial charge in [-0.2, -0.15) is 0 Å². The van der Waals surface area contributed by atoms with Gasteiger partial charge in [0.05, 0.1) is 17.4 Å². The monoisotopic (exact) mass is 408 g/mol. The molecule has 0 unspecified atom stereocenters. The average molecular weight is 408 g/mol. The number of hydrogen-bond acceptors (Lipinski definition) is 5. The SMILES string of the molecule is CCc1nc2ccccc2c(=O)n1Cc1ccc(-c2ccccc2-c2nnn[nH]2)cc1. The van der Waals surface area contributed by atoms with E-state index in [0.29, 0.717) is 24.2 Å². The third kappa shape index (κ3) is 3.50. The molecule has 0 bridgehead atoms. The summed E-state index contributed by atoms with van der Waals surface area (Å²) in [4.78, 5) is 17.8. The number of nitrogens with one attached hydrogen (secondary N) is 1. The predicted molar refractivity (Wildman–Crippen MR) is 120 cm³/mol. The van der Waals surface area contributed by atoms with Gasteiger partial charge in [-0.05, 0) is 39.2 Å². The number of tetrazole rings is 1. The molecule has 0 radical (unpaired) electrons. The Balaban J connectivity index is 1.50. The van der Waals surface area contributed by atoms with Crippen LogP contribution in [0.1, 0.15) is 18.3 Å².